The number of halogens is 2. The van der Waals surface area contributed by atoms with Gasteiger partial charge in [-0.05, 0) is 46.7 Å². The largest absolute Gasteiger partial charge is 0.497 e. The third-order valence-corrected chi connectivity index (χ3v) is 4.98. The van der Waals surface area contributed by atoms with Crippen molar-refractivity contribution in [3.8, 4) is 5.75 Å². The van der Waals surface area contributed by atoms with E-state index >= 15 is 0 Å². The van der Waals surface area contributed by atoms with E-state index in [4.69, 9.17) is 4.74 Å². The summed E-state index contributed by atoms with van der Waals surface area (Å²) in [6.07, 6.45) is 0. The Morgan fingerprint density at radius 3 is 2.30 bits per heavy atom. The predicted octanol–water partition coefficient (Wildman–Crippen LogP) is 6.16. The number of benzene rings is 4. The number of methoxy groups -OCH3 is 1. The maximum absolute atomic E-state index is 14.5. The zero-order valence-electron chi connectivity index (χ0n) is 16.2. The average Bonchev–Trinajstić information content (AvgIpc) is 2.78. The first-order chi connectivity index (χ1) is 14.5. The van der Waals surface area contributed by atoms with Gasteiger partial charge in [-0.3, -0.25) is 4.79 Å². The van der Waals surface area contributed by atoms with Crippen LogP contribution in [0.1, 0.15) is 22.0 Å². The molecule has 5 heteroatoms. The maximum Gasteiger partial charge on any atom is 0.189 e. The normalized spacial score (nSPS) is 11.8. The van der Waals surface area contributed by atoms with Crippen LogP contribution in [0.25, 0.3) is 10.8 Å². The van der Waals surface area contributed by atoms with Gasteiger partial charge in [0.05, 0.1) is 12.8 Å². The number of ketones is 1. The van der Waals surface area contributed by atoms with Gasteiger partial charge in [0.15, 0.2) is 5.78 Å². The molecule has 0 aliphatic heterocycles. The van der Waals surface area contributed by atoms with Gasteiger partial charge in [0, 0.05) is 11.6 Å². The summed E-state index contributed by atoms with van der Waals surface area (Å²) in [6, 6.07) is 22.2. The van der Waals surface area contributed by atoms with E-state index in [1.165, 1.54) is 43.5 Å². The number of rotatable bonds is 6. The Bertz CT molecular complexity index is 1210. The molecule has 1 N–H and O–H groups in total. The van der Waals surface area contributed by atoms with Crippen LogP contribution in [0.15, 0.2) is 84.9 Å². The molecule has 4 aromatic rings. The van der Waals surface area contributed by atoms with Gasteiger partial charge >= 0.3 is 0 Å². The fourth-order valence-corrected chi connectivity index (χ4v) is 3.36. The maximum atomic E-state index is 14.5. The van der Waals surface area contributed by atoms with E-state index in [1.807, 2.05) is 30.3 Å². The molecule has 3 nitrogen and oxygen atoms in total. The monoisotopic (exact) mass is 403 g/mol. The second-order valence-electron chi connectivity index (χ2n) is 6.90. The van der Waals surface area contributed by atoms with E-state index < -0.39 is 17.7 Å². The van der Waals surface area contributed by atoms with Crippen molar-refractivity contribution in [2.75, 3.05) is 12.4 Å². The number of hydrogen-bond donors (Lipinski definition) is 1. The van der Waals surface area contributed by atoms with E-state index in [2.05, 4.69) is 5.32 Å². The Balaban J connectivity index is 1.74. The van der Waals surface area contributed by atoms with Crippen LogP contribution in [0, 0.1) is 11.6 Å². The molecule has 0 radical (unpaired) electrons. The Morgan fingerprint density at radius 2 is 1.60 bits per heavy atom. The lowest BCUT2D eigenvalue weighted by molar-refractivity contribution is 0.0969. The molecule has 4 rings (SSSR count). The summed E-state index contributed by atoms with van der Waals surface area (Å²) in [5.41, 5.74) is 1.16. The molecule has 0 saturated carbocycles. The number of fused-ring (bicyclic) bond motifs is 1. The van der Waals surface area contributed by atoms with E-state index in [9.17, 15) is 13.6 Å². The van der Waals surface area contributed by atoms with Crippen molar-refractivity contribution in [3.63, 3.8) is 0 Å². The smallest absolute Gasteiger partial charge is 0.189 e. The van der Waals surface area contributed by atoms with Crippen LogP contribution < -0.4 is 10.1 Å². The Kier molecular flexibility index (Phi) is 5.44. The molecular weight excluding hydrogens is 384 g/mol. The fourth-order valence-electron chi connectivity index (χ4n) is 3.36. The van der Waals surface area contributed by atoms with Crippen molar-refractivity contribution >= 4 is 22.2 Å². The first-order valence-corrected chi connectivity index (χ1v) is 9.44. The summed E-state index contributed by atoms with van der Waals surface area (Å²) in [4.78, 5) is 13.4. The van der Waals surface area contributed by atoms with E-state index in [-0.39, 0.29) is 11.5 Å². The standard InChI is InChI=1S/C25H19F2NO2/c1-30-21-12-13-23(22(27)15-21)28-24(17-8-10-20(26)11-9-17)25(29)19-7-6-16-4-2-3-5-18(16)14-19/h2-15,24,28H,1H3/t24-/m0/s1. The highest BCUT2D eigenvalue weighted by Gasteiger charge is 2.23. The molecule has 0 spiro atoms. The van der Waals surface area contributed by atoms with Crippen molar-refractivity contribution in [1.82, 2.24) is 0 Å². The molecule has 0 aromatic heterocycles. The molecule has 150 valence electrons. The SMILES string of the molecule is COc1ccc(N[C@H](C(=O)c2ccc3ccccc3c2)c2ccc(F)cc2)c(F)c1. The van der Waals surface area contributed by atoms with Crippen LogP contribution in [-0.4, -0.2) is 12.9 Å². The number of ether oxygens (including phenoxy) is 1. The van der Waals surface area contributed by atoms with Crippen molar-refractivity contribution in [3.05, 3.63) is 108 Å². The van der Waals surface area contributed by atoms with E-state index in [1.54, 1.807) is 18.2 Å². The zero-order valence-corrected chi connectivity index (χ0v) is 16.2. The first-order valence-electron chi connectivity index (χ1n) is 9.44. The van der Waals surface area contributed by atoms with Gasteiger partial charge in [-0.25, -0.2) is 8.78 Å². The van der Waals surface area contributed by atoms with Gasteiger partial charge < -0.3 is 10.1 Å². The lowest BCUT2D eigenvalue weighted by Gasteiger charge is -2.20. The summed E-state index contributed by atoms with van der Waals surface area (Å²) in [6.45, 7) is 0. The number of Topliss-reactive ketones (excluding diaryl/α,β-unsaturated/α-hetero) is 1. The van der Waals surface area contributed by atoms with Gasteiger partial charge in [0.1, 0.15) is 23.4 Å². The minimum Gasteiger partial charge on any atom is -0.497 e. The van der Waals surface area contributed by atoms with Gasteiger partial charge in [-0.1, -0.05) is 48.5 Å². The highest BCUT2D eigenvalue weighted by atomic mass is 19.1. The van der Waals surface area contributed by atoms with E-state index in [0.717, 1.165) is 10.8 Å². The molecule has 1 atom stereocenters. The second kappa shape index (κ2) is 8.33. The Labute approximate surface area is 172 Å². The first kappa shape index (κ1) is 19.6. The topological polar surface area (TPSA) is 38.3 Å². The van der Waals surface area contributed by atoms with Crippen LogP contribution >= 0.6 is 0 Å². The summed E-state index contributed by atoms with van der Waals surface area (Å²) in [5, 5.41) is 4.92. The quantitative estimate of drug-likeness (QED) is 0.392. The number of anilines is 1. The molecule has 0 heterocycles. The van der Waals surface area contributed by atoms with Gasteiger partial charge in [-0.15, -0.1) is 0 Å². The van der Waals surface area contributed by atoms with Crippen LogP contribution in [0.4, 0.5) is 14.5 Å². The summed E-state index contributed by atoms with van der Waals surface area (Å²) in [7, 11) is 1.45. The minimum absolute atomic E-state index is 0.152. The van der Waals surface area contributed by atoms with Crippen LogP contribution in [-0.2, 0) is 0 Å². The number of carbonyl (C=O) groups is 1. The number of carbonyl (C=O) groups excluding carboxylic acids is 1. The van der Waals surface area contributed by atoms with Crippen LogP contribution in [0.3, 0.4) is 0 Å². The summed E-state index contributed by atoms with van der Waals surface area (Å²) in [5.74, 6) is -0.834. The third-order valence-electron chi connectivity index (χ3n) is 4.98. The highest BCUT2D eigenvalue weighted by Crippen LogP contribution is 2.28. The molecule has 0 aliphatic carbocycles. The summed E-state index contributed by atoms with van der Waals surface area (Å²) < 4.78 is 33.0. The molecule has 0 amide bonds. The molecule has 0 fully saturated rings. The van der Waals surface area contributed by atoms with Gasteiger partial charge in [-0.2, -0.15) is 0 Å². The van der Waals surface area contributed by atoms with Crippen LogP contribution in [0.2, 0.25) is 0 Å². The molecule has 0 aliphatic rings. The number of nitrogens with one attached hydrogen (secondary N) is 1. The number of hydrogen-bond acceptors (Lipinski definition) is 3. The second-order valence-corrected chi connectivity index (χ2v) is 6.90. The molecule has 0 saturated heterocycles. The highest BCUT2D eigenvalue weighted by molar-refractivity contribution is 6.04. The molecule has 0 bridgehead atoms. The van der Waals surface area contributed by atoms with E-state index in [0.29, 0.717) is 16.9 Å². The molecule has 4 aromatic carbocycles. The molecule has 30 heavy (non-hydrogen) atoms. The van der Waals surface area contributed by atoms with Crippen LogP contribution in [0.5, 0.6) is 5.75 Å². The fraction of sp³-hybridized carbons (Fsp3) is 0.0800. The lowest BCUT2D eigenvalue weighted by atomic mass is 9.95. The summed E-state index contributed by atoms with van der Waals surface area (Å²) >= 11 is 0. The van der Waals surface area contributed by atoms with Crippen molar-refractivity contribution in [2.24, 2.45) is 0 Å². The van der Waals surface area contributed by atoms with Gasteiger partial charge in [0.25, 0.3) is 0 Å². The molecule has 0 unspecified atom stereocenters. The zero-order chi connectivity index (χ0) is 21.1. The Hall–Kier alpha value is -3.73. The minimum atomic E-state index is -0.894. The predicted molar refractivity (Wildman–Crippen MR) is 114 cm³/mol. The third kappa shape index (κ3) is 4.01. The lowest BCUT2D eigenvalue weighted by Crippen LogP contribution is -2.22. The Morgan fingerprint density at radius 1 is 0.867 bits per heavy atom. The average molecular weight is 403 g/mol. The van der Waals surface area contributed by atoms with Crippen molar-refractivity contribution in [2.45, 2.75) is 6.04 Å². The van der Waals surface area contributed by atoms with Gasteiger partial charge in [0.2, 0.25) is 0 Å². The van der Waals surface area contributed by atoms with Crippen molar-refractivity contribution < 1.29 is 18.3 Å². The van der Waals surface area contributed by atoms with Crippen molar-refractivity contribution in [1.29, 1.82) is 0 Å². The molecular formula is C25H19F2NO2.